The van der Waals surface area contributed by atoms with Gasteiger partial charge in [0.05, 0.1) is 13.1 Å². The number of rotatable bonds is 19. The molecule has 0 aliphatic carbocycles. The lowest BCUT2D eigenvalue weighted by Gasteiger charge is -2.33. The van der Waals surface area contributed by atoms with Gasteiger partial charge in [-0.3, -0.25) is 4.48 Å². The standard InChI is InChI=1S/C24H46N2O2/c1-3-5-6-7-8-9-10-11-12-13-14-15-16-17-18-23-25-19-21-26(23,20-4-2)22-24(27)28/h3-22H2,1-2H3/p+1. The second-order valence-electron chi connectivity index (χ2n) is 8.79. The van der Waals surface area contributed by atoms with Gasteiger partial charge in [0.15, 0.2) is 12.4 Å². The number of amidine groups is 1. The van der Waals surface area contributed by atoms with Gasteiger partial charge in [-0.05, 0) is 12.8 Å². The van der Waals surface area contributed by atoms with Crippen molar-refractivity contribution >= 4 is 11.8 Å². The van der Waals surface area contributed by atoms with Gasteiger partial charge in [0, 0.05) is 6.42 Å². The molecule has 1 unspecified atom stereocenters. The molecule has 0 fully saturated rings. The Hall–Kier alpha value is -0.900. The highest BCUT2D eigenvalue weighted by Crippen LogP contribution is 2.21. The minimum absolute atomic E-state index is 0.214. The van der Waals surface area contributed by atoms with Gasteiger partial charge < -0.3 is 5.11 Å². The SMILES string of the molecule is CCCCCCCCCCCCCCCCC1=NCC[N+]1(CCC)CC(=O)O. The van der Waals surface area contributed by atoms with Crippen molar-refractivity contribution in [2.24, 2.45) is 4.99 Å². The second-order valence-corrected chi connectivity index (χ2v) is 8.79. The van der Waals surface area contributed by atoms with E-state index in [9.17, 15) is 9.90 Å². The summed E-state index contributed by atoms with van der Waals surface area (Å²) in [6, 6.07) is 0. The lowest BCUT2D eigenvalue weighted by atomic mass is 10.0. The van der Waals surface area contributed by atoms with Gasteiger partial charge in [0.2, 0.25) is 0 Å². The zero-order chi connectivity index (χ0) is 20.5. The minimum Gasteiger partial charge on any atom is -0.477 e. The molecule has 0 saturated carbocycles. The highest BCUT2D eigenvalue weighted by Gasteiger charge is 2.38. The number of carboxylic acids is 1. The van der Waals surface area contributed by atoms with Crippen LogP contribution in [0.15, 0.2) is 4.99 Å². The van der Waals surface area contributed by atoms with E-state index in [4.69, 9.17) is 0 Å². The van der Waals surface area contributed by atoms with Gasteiger partial charge in [0.1, 0.15) is 6.54 Å². The third-order valence-corrected chi connectivity index (χ3v) is 6.21. The van der Waals surface area contributed by atoms with Crippen molar-refractivity contribution in [3.63, 3.8) is 0 Å². The first-order chi connectivity index (χ1) is 13.6. The highest BCUT2D eigenvalue weighted by atomic mass is 16.4. The van der Waals surface area contributed by atoms with Crippen LogP contribution in [0.25, 0.3) is 0 Å². The Morgan fingerprint density at radius 1 is 0.821 bits per heavy atom. The van der Waals surface area contributed by atoms with Crippen molar-refractivity contribution in [1.82, 2.24) is 0 Å². The van der Waals surface area contributed by atoms with Gasteiger partial charge in [-0.1, -0.05) is 97.3 Å². The zero-order valence-electron chi connectivity index (χ0n) is 18.9. The van der Waals surface area contributed by atoms with E-state index in [0.29, 0.717) is 4.48 Å². The first-order valence-corrected chi connectivity index (χ1v) is 12.3. The number of hydrogen-bond acceptors (Lipinski definition) is 2. The third kappa shape index (κ3) is 10.6. The summed E-state index contributed by atoms with van der Waals surface area (Å²) in [6.07, 6.45) is 21.2. The monoisotopic (exact) mass is 395 g/mol. The first-order valence-electron chi connectivity index (χ1n) is 12.3. The molecule has 0 radical (unpaired) electrons. The van der Waals surface area contributed by atoms with Crippen molar-refractivity contribution in [3.05, 3.63) is 0 Å². The summed E-state index contributed by atoms with van der Waals surface area (Å²) in [6.45, 7) is 7.25. The van der Waals surface area contributed by atoms with Crippen LogP contribution in [0.1, 0.15) is 117 Å². The molecule has 1 N–H and O–H groups in total. The minimum atomic E-state index is -0.691. The van der Waals surface area contributed by atoms with Crippen LogP contribution in [-0.4, -0.2) is 47.6 Å². The summed E-state index contributed by atoms with van der Waals surface area (Å²) in [5.74, 6) is 0.465. The number of aliphatic carboxylic acids is 1. The number of carboxylic acid groups (broad SMARTS) is 1. The third-order valence-electron chi connectivity index (χ3n) is 6.21. The van der Waals surface area contributed by atoms with Crippen LogP contribution in [0.2, 0.25) is 0 Å². The summed E-state index contributed by atoms with van der Waals surface area (Å²) in [5, 5.41) is 9.31. The predicted molar refractivity (Wildman–Crippen MR) is 120 cm³/mol. The molecule has 1 aliphatic heterocycles. The molecule has 0 saturated heterocycles. The fourth-order valence-corrected chi connectivity index (χ4v) is 4.62. The van der Waals surface area contributed by atoms with Crippen molar-refractivity contribution in [2.45, 2.75) is 117 Å². The number of carbonyl (C=O) groups is 1. The van der Waals surface area contributed by atoms with E-state index in [1.165, 1.54) is 89.9 Å². The second kappa shape index (κ2) is 16.0. The summed E-state index contributed by atoms with van der Waals surface area (Å²) in [5.41, 5.74) is 0. The lowest BCUT2D eigenvalue weighted by molar-refractivity contribution is -0.828. The van der Waals surface area contributed by atoms with Crippen LogP contribution < -0.4 is 0 Å². The van der Waals surface area contributed by atoms with E-state index < -0.39 is 5.97 Å². The molecule has 1 heterocycles. The normalized spacial score (nSPS) is 19.1. The molecule has 0 spiro atoms. The molecule has 164 valence electrons. The maximum atomic E-state index is 11.3. The molecule has 0 bridgehead atoms. The Labute approximate surface area is 174 Å². The molecule has 0 aromatic carbocycles. The van der Waals surface area contributed by atoms with E-state index in [2.05, 4.69) is 18.8 Å². The molecule has 1 atom stereocenters. The summed E-state index contributed by atoms with van der Waals surface area (Å²) >= 11 is 0. The van der Waals surface area contributed by atoms with Crippen molar-refractivity contribution in [1.29, 1.82) is 0 Å². The maximum absolute atomic E-state index is 11.3. The Morgan fingerprint density at radius 3 is 1.79 bits per heavy atom. The summed E-state index contributed by atoms with van der Waals surface area (Å²) in [4.78, 5) is 16.0. The van der Waals surface area contributed by atoms with E-state index in [-0.39, 0.29) is 6.54 Å². The van der Waals surface area contributed by atoms with Crippen LogP contribution in [0.4, 0.5) is 0 Å². The Kier molecular flexibility index (Phi) is 14.3. The molecule has 1 aliphatic rings. The highest BCUT2D eigenvalue weighted by molar-refractivity contribution is 5.80. The average molecular weight is 396 g/mol. The van der Waals surface area contributed by atoms with Crippen LogP contribution in [0, 0.1) is 0 Å². The van der Waals surface area contributed by atoms with Crippen LogP contribution >= 0.6 is 0 Å². The Bertz CT molecular complexity index is 436. The Morgan fingerprint density at radius 2 is 1.32 bits per heavy atom. The fraction of sp³-hybridized carbons (Fsp3) is 0.917. The van der Waals surface area contributed by atoms with Crippen molar-refractivity contribution in [3.8, 4) is 0 Å². The van der Waals surface area contributed by atoms with E-state index in [0.717, 1.165) is 38.3 Å². The number of nitrogens with zero attached hydrogens (tertiary/aromatic N) is 2. The summed E-state index contributed by atoms with van der Waals surface area (Å²) in [7, 11) is 0. The molecule has 0 aromatic rings. The zero-order valence-corrected chi connectivity index (χ0v) is 18.9. The lowest BCUT2D eigenvalue weighted by Crippen LogP contribution is -2.54. The molecule has 4 nitrogen and oxygen atoms in total. The number of hydrogen-bond donors (Lipinski definition) is 1. The predicted octanol–water partition coefficient (Wildman–Crippen LogP) is 6.58. The maximum Gasteiger partial charge on any atom is 0.359 e. The first kappa shape index (κ1) is 25.1. The molecular weight excluding hydrogens is 348 g/mol. The number of aliphatic imine (C=N–C) groups is 1. The number of quaternary nitrogens is 1. The molecular formula is C24H47N2O2+. The van der Waals surface area contributed by atoms with Gasteiger partial charge in [0.25, 0.3) is 0 Å². The average Bonchev–Trinajstić information content (AvgIpc) is 3.03. The fourth-order valence-electron chi connectivity index (χ4n) is 4.62. The van der Waals surface area contributed by atoms with Crippen LogP contribution in [0.5, 0.6) is 0 Å². The van der Waals surface area contributed by atoms with Gasteiger partial charge in [-0.15, -0.1) is 0 Å². The van der Waals surface area contributed by atoms with E-state index in [1.807, 2.05) is 0 Å². The Balaban J connectivity index is 2.01. The molecule has 0 aromatic heterocycles. The molecule has 4 heteroatoms. The quantitative estimate of drug-likeness (QED) is 0.198. The van der Waals surface area contributed by atoms with Gasteiger partial charge in [-0.2, -0.15) is 0 Å². The van der Waals surface area contributed by atoms with E-state index >= 15 is 0 Å². The topological polar surface area (TPSA) is 49.7 Å². The van der Waals surface area contributed by atoms with Crippen LogP contribution in [-0.2, 0) is 4.79 Å². The molecule has 28 heavy (non-hydrogen) atoms. The summed E-state index contributed by atoms with van der Waals surface area (Å²) < 4.78 is 0.615. The van der Waals surface area contributed by atoms with Crippen LogP contribution in [0.3, 0.4) is 0 Å². The van der Waals surface area contributed by atoms with E-state index in [1.54, 1.807) is 0 Å². The largest absolute Gasteiger partial charge is 0.477 e. The number of unbranched alkanes of at least 4 members (excludes halogenated alkanes) is 13. The van der Waals surface area contributed by atoms with Crippen molar-refractivity contribution < 1.29 is 14.4 Å². The molecule has 0 amide bonds. The van der Waals surface area contributed by atoms with Crippen molar-refractivity contribution in [2.75, 3.05) is 26.2 Å². The smallest absolute Gasteiger partial charge is 0.359 e. The van der Waals surface area contributed by atoms with Gasteiger partial charge in [-0.25, -0.2) is 9.79 Å². The van der Waals surface area contributed by atoms with Gasteiger partial charge >= 0.3 is 5.97 Å². The molecule has 1 rings (SSSR count).